The highest BCUT2D eigenvalue weighted by atomic mass is 32.1. The van der Waals surface area contributed by atoms with E-state index in [0.29, 0.717) is 5.92 Å². The van der Waals surface area contributed by atoms with Crippen LogP contribution >= 0.6 is 12.2 Å². The first-order valence-electron chi connectivity index (χ1n) is 6.30. The summed E-state index contributed by atoms with van der Waals surface area (Å²) < 4.78 is 0. The fourth-order valence-electron chi connectivity index (χ4n) is 1.93. The quantitative estimate of drug-likeness (QED) is 0.814. The maximum atomic E-state index is 5.41. The Labute approximate surface area is 115 Å². The maximum Gasteiger partial charge on any atom is 0.178 e. The van der Waals surface area contributed by atoms with E-state index in [4.69, 9.17) is 12.2 Å². The summed E-state index contributed by atoms with van der Waals surface area (Å²) in [5, 5.41) is 4.06. The van der Waals surface area contributed by atoms with Crippen molar-refractivity contribution in [3.05, 3.63) is 42.1 Å². The van der Waals surface area contributed by atoms with E-state index in [2.05, 4.69) is 63.4 Å². The molecule has 0 bridgehead atoms. The van der Waals surface area contributed by atoms with Gasteiger partial charge < -0.3 is 5.32 Å². The van der Waals surface area contributed by atoms with E-state index in [1.54, 1.807) is 0 Å². The van der Waals surface area contributed by atoms with E-state index in [0.717, 1.165) is 10.8 Å². The van der Waals surface area contributed by atoms with Gasteiger partial charge in [-0.15, -0.1) is 0 Å². The van der Waals surface area contributed by atoms with Gasteiger partial charge in [0.25, 0.3) is 0 Å². The Kier molecular flexibility index (Phi) is 3.44. The van der Waals surface area contributed by atoms with E-state index < -0.39 is 0 Å². The topological polar surface area (TPSA) is 15.3 Å². The molecule has 1 aromatic rings. The van der Waals surface area contributed by atoms with Crippen LogP contribution in [0.5, 0.6) is 0 Å². The van der Waals surface area contributed by atoms with Crippen molar-refractivity contribution in [1.29, 1.82) is 0 Å². The number of thiocarbonyl (C=S) groups is 1. The molecule has 1 aliphatic rings. The molecule has 0 aliphatic carbocycles. The Hall–Kier alpha value is -1.35. The van der Waals surface area contributed by atoms with E-state index in [1.165, 1.54) is 5.56 Å². The van der Waals surface area contributed by atoms with Crippen molar-refractivity contribution in [3.8, 4) is 0 Å². The number of rotatable bonds is 2. The van der Waals surface area contributed by atoms with E-state index in [1.807, 2.05) is 11.1 Å². The monoisotopic (exact) mass is 260 g/mol. The summed E-state index contributed by atoms with van der Waals surface area (Å²) in [7, 11) is 0. The third kappa shape index (κ3) is 2.72. The lowest BCUT2D eigenvalue weighted by atomic mass is 10.0. The Morgan fingerprint density at radius 3 is 2.28 bits per heavy atom. The summed E-state index contributed by atoms with van der Waals surface area (Å²) in [6, 6.07) is 8.56. The summed E-state index contributed by atoms with van der Waals surface area (Å²) in [5.74, 6) is 0.556. The van der Waals surface area contributed by atoms with Gasteiger partial charge >= 0.3 is 0 Å². The SMILES string of the molecule is CC(C)c1ccc(N2C=CC(C)(C)NC2=S)cc1. The van der Waals surface area contributed by atoms with Gasteiger partial charge in [-0.1, -0.05) is 26.0 Å². The second kappa shape index (κ2) is 4.73. The van der Waals surface area contributed by atoms with Crippen LogP contribution in [0.2, 0.25) is 0 Å². The number of benzene rings is 1. The molecule has 0 unspecified atom stereocenters. The molecule has 1 N–H and O–H groups in total. The largest absolute Gasteiger partial charge is 0.354 e. The van der Waals surface area contributed by atoms with Crippen LogP contribution in [0.1, 0.15) is 39.2 Å². The highest BCUT2D eigenvalue weighted by Gasteiger charge is 2.23. The average molecular weight is 260 g/mol. The Bertz CT molecular complexity index is 472. The number of nitrogens with zero attached hydrogens (tertiary/aromatic N) is 1. The number of hydrogen-bond donors (Lipinski definition) is 1. The summed E-state index contributed by atoms with van der Waals surface area (Å²) in [6.07, 6.45) is 4.17. The smallest absolute Gasteiger partial charge is 0.178 e. The highest BCUT2D eigenvalue weighted by Crippen LogP contribution is 2.23. The minimum Gasteiger partial charge on any atom is -0.354 e. The lowest BCUT2D eigenvalue weighted by Crippen LogP contribution is -2.51. The van der Waals surface area contributed by atoms with Gasteiger partial charge in [0.2, 0.25) is 0 Å². The molecule has 96 valence electrons. The molecular formula is C15H20N2S. The van der Waals surface area contributed by atoms with Gasteiger partial charge in [0, 0.05) is 11.9 Å². The molecule has 0 amide bonds. The van der Waals surface area contributed by atoms with Gasteiger partial charge in [-0.05, 0) is 55.8 Å². The van der Waals surface area contributed by atoms with Crippen LogP contribution in [-0.4, -0.2) is 10.7 Å². The van der Waals surface area contributed by atoms with Crippen LogP contribution in [0.4, 0.5) is 5.69 Å². The first kappa shape index (κ1) is 13.1. The third-order valence-corrected chi connectivity index (χ3v) is 3.42. The molecule has 0 aromatic heterocycles. The molecule has 1 heterocycles. The Morgan fingerprint density at radius 1 is 1.17 bits per heavy atom. The predicted octanol–water partition coefficient (Wildman–Crippen LogP) is 3.80. The van der Waals surface area contributed by atoms with Gasteiger partial charge in [0.05, 0.1) is 5.54 Å². The summed E-state index contributed by atoms with van der Waals surface area (Å²) >= 11 is 5.41. The molecule has 0 saturated carbocycles. The molecule has 2 rings (SSSR count). The van der Waals surface area contributed by atoms with Crippen molar-refractivity contribution < 1.29 is 0 Å². The molecule has 0 spiro atoms. The van der Waals surface area contributed by atoms with Gasteiger partial charge in [-0.25, -0.2) is 0 Å². The summed E-state index contributed by atoms with van der Waals surface area (Å²) in [4.78, 5) is 2.00. The van der Waals surface area contributed by atoms with Crippen LogP contribution in [0.15, 0.2) is 36.5 Å². The van der Waals surface area contributed by atoms with E-state index >= 15 is 0 Å². The Balaban J connectivity index is 2.25. The van der Waals surface area contributed by atoms with Gasteiger partial charge in [-0.3, -0.25) is 4.90 Å². The molecule has 0 saturated heterocycles. The average Bonchev–Trinajstić information content (AvgIpc) is 2.28. The molecule has 1 aliphatic heterocycles. The zero-order valence-electron chi connectivity index (χ0n) is 11.4. The van der Waals surface area contributed by atoms with Crippen LogP contribution < -0.4 is 10.2 Å². The first-order chi connectivity index (χ1) is 8.39. The summed E-state index contributed by atoms with van der Waals surface area (Å²) in [6.45, 7) is 8.61. The van der Waals surface area contributed by atoms with Crippen LogP contribution in [0, 0.1) is 0 Å². The van der Waals surface area contributed by atoms with Crippen molar-refractivity contribution in [2.75, 3.05) is 4.90 Å². The van der Waals surface area contributed by atoms with E-state index in [9.17, 15) is 0 Å². The molecule has 3 heteroatoms. The fourth-order valence-corrected chi connectivity index (χ4v) is 2.36. The van der Waals surface area contributed by atoms with Crippen LogP contribution in [0.25, 0.3) is 0 Å². The number of nitrogens with one attached hydrogen (secondary N) is 1. The van der Waals surface area contributed by atoms with Crippen molar-refractivity contribution >= 4 is 23.0 Å². The second-order valence-electron chi connectivity index (χ2n) is 5.58. The molecular weight excluding hydrogens is 240 g/mol. The minimum absolute atomic E-state index is 0.0640. The summed E-state index contributed by atoms with van der Waals surface area (Å²) in [5.41, 5.74) is 2.38. The molecule has 18 heavy (non-hydrogen) atoms. The zero-order valence-corrected chi connectivity index (χ0v) is 12.2. The first-order valence-corrected chi connectivity index (χ1v) is 6.70. The van der Waals surface area contributed by atoms with Crippen LogP contribution in [0.3, 0.4) is 0 Å². The van der Waals surface area contributed by atoms with Gasteiger partial charge in [0.1, 0.15) is 0 Å². The lowest BCUT2D eigenvalue weighted by molar-refractivity contribution is 0.566. The van der Waals surface area contributed by atoms with Crippen molar-refractivity contribution in [2.24, 2.45) is 0 Å². The number of hydrogen-bond acceptors (Lipinski definition) is 1. The predicted molar refractivity (Wildman–Crippen MR) is 82.0 cm³/mol. The molecule has 0 atom stereocenters. The normalized spacial score (nSPS) is 18.1. The van der Waals surface area contributed by atoms with Crippen LogP contribution in [-0.2, 0) is 0 Å². The lowest BCUT2D eigenvalue weighted by Gasteiger charge is -2.34. The van der Waals surface area contributed by atoms with Crippen molar-refractivity contribution in [1.82, 2.24) is 5.32 Å². The molecule has 2 nitrogen and oxygen atoms in total. The third-order valence-electron chi connectivity index (χ3n) is 3.13. The molecule has 0 fully saturated rings. The Morgan fingerprint density at radius 2 is 1.78 bits per heavy atom. The zero-order chi connectivity index (χ0) is 13.3. The standard InChI is InChI=1S/C15H20N2S/c1-11(2)12-5-7-13(8-6-12)17-10-9-15(3,4)16-14(17)18/h5-11H,1-4H3,(H,16,18). The van der Waals surface area contributed by atoms with Crippen molar-refractivity contribution in [3.63, 3.8) is 0 Å². The fraction of sp³-hybridized carbons (Fsp3) is 0.400. The number of anilines is 1. The second-order valence-corrected chi connectivity index (χ2v) is 5.97. The van der Waals surface area contributed by atoms with Gasteiger partial charge in [-0.2, -0.15) is 0 Å². The van der Waals surface area contributed by atoms with E-state index in [-0.39, 0.29) is 5.54 Å². The maximum absolute atomic E-state index is 5.41. The van der Waals surface area contributed by atoms with Crippen molar-refractivity contribution in [2.45, 2.75) is 39.2 Å². The molecule has 1 aromatic carbocycles. The molecule has 0 radical (unpaired) electrons. The highest BCUT2D eigenvalue weighted by molar-refractivity contribution is 7.80. The minimum atomic E-state index is -0.0640. The van der Waals surface area contributed by atoms with Gasteiger partial charge in [0.15, 0.2) is 5.11 Å².